The third-order valence-electron chi connectivity index (χ3n) is 2.95. The Kier molecular flexibility index (Phi) is 6.87. The van der Waals surface area contributed by atoms with E-state index in [1.807, 2.05) is 6.92 Å². The molecule has 1 rings (SSSR count). The summed E-state index contributed by atoms with van der Waals surface area (Å²) in [6.07, 6.45) is 1.95. The average Bonchev–Trinajstić information content (AvgIpc) is 2.96. The predicted molar refractivity (Wildman–Crippen MR) is 80.3 cm³/mol. The zero-order chi connectivity index (χ0) is 15.8. The van der Waals surface area contributed by atoms with Crippen LogP contribution in [-0.2, 0) is 9.59 Å². The molecule has 0 bridgehead atoms. The summed E-state index contributed by atoms with van der Waals surface area (Å²) in [5.74, 6) is -1.90. The van der Waals surface area contributed by atoms with Crippen molar-refractivity contribution < 1.29 is 19.5 Å². The number of aliphatic carboxylic acids is 1. The number of amides is 2. The summed E-state index contributed by atoms with van der Waals surface area (Å²) in [6, 6.07) is 1.70. The average molecular weight is 312 g/mol. The number of nitrogens with one attached hydrogen (secondary N) is 2. The quantitative estimate of drug-likeness (QED) is 0.680. The van der Waals surface area contributed by atoms with E-state index in [1.54, 1.807) is 17.5 Å². The lowest BCUT2D eigenvalue weighted by Gasteiger charge is -2.18. The second-order valence-electron chi connectivity index (χ2n) is 4.71. The molecule has 0 aliphatic rings. The van der Waals surface area contributed by atoms with Crippen LogP contribution in [0.3, 0.4) is 0 Å². The highest BCUT2D eigenvalue weighted by molar-refractivity contribution is 7.12. The number of hydrogen-bond donors (Lipinski definition) is 3. The fourth-order valence-electron chi connectivity index (χ4n) is 1.70. The van der Waals surface area contributed by atoms with E-state index in [0.29, 0.717) is 17.7 Å². The van der Waals surface area contributed by atoms with Crippen LogP contribution in [0.4, 0.5) is 0 Å². The molecule has 2 amide bonds. The van der Waals surface area contributed by atoms with Crippen LogP contribution in [0.5, 0.6) is 0 Å². The van der Waals surface area contributed by atoms with Crippen molar-refractivity contribution in [3.63, 3.8) is 0 Å². The molecule has 0 saturated carbocycles. The Morgan fingerprint density at radius 3 is 2.57 bits per heavy atom. The lowest BCUT2D eigenvalue weighted by molar-refractivity contribution is -0.142. The maximum absolute atomic E-state index is 11.9. The molecule has 1 unspecified atom stereocenters. The van der Waals surface area contributed by atoms with E-state index >= 15 is 0 Å². The fourth-order valence-corrected chi connectivity index (χ4v) is 2.33. The molecule has 0 radical (unpaired) electrons. The summed E-state index contributed by atoms with van der Waals surface area (Å²) < 4.78 is 0. The number of hydrogen-bond acceptors (Lipinski definition) is 4. The van der Waals surface area contributed by atoms with Crippen molar-refractivity contribution in [1.82, 2.24) is 10.6 Å². The minimum absolute atomic E-state index is 0.340. The van der Waals surface area contributed by atoms with Gasteiger partial charge in [-0.15, -0.1) is 11.3 Å². The Hall–Kier alpha value is -1.89. The predicted octanol–water partition coefficient (Wildman–Crippen LogP) is 1.63. The molecule has 1 heterocycles. The number of carbonyl (C=O) groups is 3. The van der Waals surface area contributed by atoms with E-state index in [2.05, 4.69) is 10.6 Å². The molecule has 1 aromatic heterocycles. The minimum atomic E-state index is -1.06. The van der Waals surface area contributed by atoms with Gasteiger partial charge in [0.25, 0.3) is 5.91 Å². The third-order valence-corrected chi connectivity index (χ3v) is 3.82. The van der Waals surface area contributed by atoms with Crippen LogP contribution >= 0.6 is 11.3 Å². The Bertz CT molecular complexity index is 487. The zero-order valence-electron chi connectivity index (χ0n) is 12.1. The van der Waals surface area contributed by atoms with Crippen LogP contribution in [-0.4, -0.2) is 35.0 Å². The molecule has 7 heteroatoms. The second kappa shape index (κ2) is 8.41. The van der Waals surface area contributed by atoms with Gasteiger partial charge in [-0.3, -0.25) is 9.59 Å². The van der Waals surface area contributed by atoms with Crippen LogP contribution in [0, 0.1) is 0 Å². The van der Waals surface area contributed by atoms with Crippen molar-refractivity contribution in [2.24, 2.45) is 0 Å². The van der Waals surface area contributed by atoms with Gasteiger partial charge in [0.2, 0.25) is 5.91 Å². The molecule has 0 spiro atoms. The first-order chi connectivity index (χ1) is 9.95. The van der Waals surface area contributed by atoms with Gasteiger partial charge < -0.3 is 15.7 Å². The number of carbonyl (C=O) groups excluding carboxylic acids is 2. The van der Waals surface area contributed by atoms with Gasteiger partial charge in [0.1, 0.15) is 12.1 Å². The van der Waals surface area contributed by atoms with Gasteiger partial charge in [-0.2, -0.15) is 0 Å². The molecule has 6 nitrogen and oxygen atoms in total. The van der Waals surface area contributed by atoms with Crippen LogP contribution in [0.2, 0.25) is 0 Å². The van der Waals surface area contributed by atoms with E-state index in [4.69, 9.17) is 5.11 Å². The highest BCUT2D eigenvalue weighted by atomic mass is 32.1. The number of carboxylic acids is 1. The third kappa shape index (κ3) is 5.55. The Morgan fingerprint density at radius 2 is 2.05 bits per heavy atom. The topological polar surface area (TPSA) is 95.5 Å². The van der Waals surface area contributed by atoms with Crippen LogP contribution < -0.4 is 10.6 Å². The summed E-state index contributed by atoms with van der Waals surface area (Å²) in [7, 11) is 0. The molecule has 21 heavy (non-hydrogen) atoms. The smallest absolute Gasteiger partial charge is 0.326 e. The Balaban J connectivity index is 2.52. The molecule has 1 aromatic rings. The Labute approximate surface area is 127 Å². The van der Waals surface area contributed by atoms with Gasteiger partial charge in [0, 0.05) is 0 Å². The first kappa shape index (κ1) is 17.2. The summed E-state index contributed by atoms with van der Waals surface area (Å²) in [6.45, 7) is 3.48. The molecule has 0 fully saturated rings. The van der Waals surface area contributed by atoms with E-state index in [-0.39, 0.29) is 5.91 Å². The van der Waals surface area contributed by atoms with Crippen molar-refractivity contribution in [1.29, 1.82) is 0 Å². The van der Waals surface area contributed by atoms with E-state index < -0.39 is 24.0 Å². The summed E-state index contributed by atoms with van der Waals surface area (Å²) >= 11 is 1.28. The molecule has 0 aliphatic carbocycles. The Morgan fingerprint density at radius 1 is 1.33 bits per heavy atom. The van der Waals surface area contributed by atoms with Gasteiger partial charge in [0.05, 0.1) is 4.88 Å². The molecule has 0 aromatic carbocycles. The van der Waals surface area contributed by atoms with Crippen molar-refractivity contribution in [2.45, 2.75) is 45.2 Å². The van der Waals surface area contributed by atoms with Gasteiger partial charge in [-0.05, 0) is 24.8 Å². The second-order valence-corrected chi connectivity index (χ2v) is 5.66. The summed E-state index contributed by atoms with van der Waals surface area (Å²) in [5.41, 5.74) is 0. The van der Waals surface area contributed by atoms with Crippen LogP contribution in [0.15, 0.2) is 17.5 Å². The van der Waals surface area contributed by atoms with Crippen molar-refractivity contribution in [2.75, 3.05) is 0 Å². The number of thiophene rings is 1. The normalized spacial score (nSPS) is 13.2. The zero-order valence-corrected chi connectivity index (χ0v) is 12.9. The van der Waals surface area contributed by atoms with E-state index in [0.717, 1.165) is 6.42 Å². The largest absolute Gasteiger partial charge is 0.480 e. The first-order valence-electron chi connectivity index (χ1n) is 6.83. The van der Waals surface area contributed by atoms with Crippen molar-refractivity contribution >= 4 is 29.1 Å². The van der Waals surface area contributed by atoms with Crippen molar-refractivity contribution in [3.8, 4) is 0 Å². The van der Waals surface area contributed by atoms with E-state index in [1.165, 1.54) is 18.3 Å². The van der Waals surface area contributed by atoms with Gasteiger partial charge in [0.15, 0.2) is 0 Å². The molecule has 0 aliphatic heterocycles. The number of unbranched alkanes of at least 4 members (excludes halogenated alkanes) is 1. The lowest BCUT2D eigenvalue weighted by atomic mass is 10.1. The fraction of sp³-hybridized carbons (Fsp3) is 0.500. The molecular formula is C14H20N2O4S. The van der Waals surface area contributed by atoms with Gasteiger partial charge >= 0.3 is 5.97 Å². The maximum atomic E-state index is 11.9. The molecule has 2 atom stereocenters. The van der Waals surface area contributed by atoms with Gasteiger partial charge in [-0.25, -0.2) is 4.79 Å². The lowest BCUT2D eigenvalue weighted by Crippen LogP contribution is -2.50. The maximum Gasteiger partial charge on any atom is 0.326 e. The first-order valence-corrected chi connectivity index (χ1v) is 7.71. The molecule has 0 saturated heterocycles. The monoisotopic (exact) mass is 312 g/mol. The molecule has 3 N–H and O–H groups in total. The summed E-state index contributed by atoms with van der Waals surface area (Å²) in [5, 5.41) is 15.8. The van der Waals surface area contributed by atoms with Crippen LogP contribution in [0.1, 0.15) is 42.8 Å². The molecular weight excluding hydrogens is 292 g/mol. The molecule has 116 valence electrons. The van der Waals surface area contributed by atoms with Crippen LogP contribution in [0.25, 0.3) is 0 Å². The highest BCUT2D eigenvalue weighted by Crippen LogP contribution is 2.08. The number of rotatable bonds is 8. The number of carboxylic acid groups (broad SMARTS) is 1. The van der Waals surface area contributed by atoms with Crippen molar-refractivity contribution in [3.05, 3.63) is 22.4 Å². The minimum Gasteiger partial charge on any atom is -0.480 e. The van der Waals surface area contributed by atoms with E-state index in [9.17, 15) is 14.4 Å². The standard InChI is InChI=1S/C14H20N2O4S/c1-3-4-6-10(14(19)20)16-12(17)9(2)15-13(18)11-7-5-8-21-11/h5,7-10H,3-4,6H2,1-2H3,(H,15,18)(H,16,17)(H,19,20)/t9?,10-/m0/s1. The van der Waals surface area contributed by atoms with Gasteiger partial charge in [-0.1, -0.05) is 25.8 Å². The summed E-state index contributed by atoms with van der Waals surface area (Å²) in [4.78, 5) is 35.3. The highest BCUT2D eigenvalue weighted by Gasteiger charge is 2.23. The SMILES string of the molecule is CCCC[C@H](NC(=O)C(C)NC(=O)c1cccs1)C(=O)O.